The highest BCUT2D eigenvalue weighted by molar-refractivity contribution is 6.03. The van der Waals surface area contributed by atoms with Crippen LogP contribution in [0.25, 0.3) is 33.0 Å². The predicted octanol–water partition coefficient (Wildman–Crippen LogP) is 14.3. The van der Waals surface area contributed by atoms with Gasteiger partial charge in [0, 0.05) is 16.9 Å². The highest BCUT2D eigenvalue weighted by Crippen LogP contribution is 2.47. The average molecular weight is 642 g/mol. The van der Waals surface area contributed by atoms with Crippen molar-refractivity contribution in [3.63, 3.8) is 0 Å². The maximum absolute atomic E-state index is 2.51. The first kappa shape index (κ1) is 32.9. The molecule has 1 nitrogen and oxygen atoms in total. The summed E-state index contributed by atoms with van der Waals surface area (Å²) in [5.74, 6) is 0.616. The largest absolute Gasteiger partial charge is 0.310 e. The van der Waals surface area contributed by atoms with Crippen molar-refractivity contribution >= 4 is 27.8 Å². The molecule has 0 radical (unpaired) electrons. The van der Waals surface area contributed by atoms with Crippen LogP contribution in [-0.4, -0.2) is 0 Å². The van der Waals surface area contributed by atoms with E-state index < -0.39 is 0 Å². The third-order valence-corrected chi connectivity index (χ3v) is 10.6. The van der Waals surface area contributed by atoms with Crippen molar-refractivity contribution in [2.75, 3.05) is 4.90 Å². The van der Waals surface area contributed by atoms with Gasteiger partial charge in [-0.1, -0.05) is 164 Å². The minimum atomic E-state index is 0.00287. The molecule has 0 atom stereocenters. The van der Waals surface area contributed by atoms with Gasteiger partial charge in [0.2, 0.25) is 0 Å². The Hall–Kier alpha value is -4.62. The zero-order valence-corrected chi connectivity index (χ0v) is 30.3. The molecule has 0 heterocycles. The summed E-state index contributed by atoms with van der Waals surface area (Å²) < 4.78 is 0. The Labute approximate surface area is 294 Å². The number of nitrogens with zero attached hydrogens (tertiary/aromatic N) is 1. The lowest BCUT2D eigenvalue weighted by Crippen LogP contribution is -2.19. The molecule has 0 unspecified atom stereocenters. The van der Waals surface area contributed by atoms with Gasteiger partial charge in [-0.05, 0) is 104 Å². The van der Waals surface area contributed by atoms with Gasteiger partial charge in [-0.15, -0.1) is 0 Å². The van der Waals surface area contributed by atoms with Crippen molar-refractivity contribution in [1.29, 1.82) is 0 Å². The van der Waals surface area contributed by atoms with E-state index in [1.165, 1.54) is 93.2 Å². The van der Waals surface area contributed by atoms with Gasteiger partial charge >= 0.3 is 0 Å². The Morgan fingerprint density at radius 2 is 1.06 bits per heavy atom. The first-order valence-corrected chi connectivity index (χ1v) is 18.3. The van der Waals surface area contributed by atoms with Crippen molar-refractivity contribution in [3.8, 4) is 22.3 Å². The lowest BCUT2D eigenvalue weighted by atomic mass is 9.80. The molecule has 1 aliphatic rings. The fourth-order valence-corrected chi connectivity index (χ4v) is 7.71. The molecule has 1 saturated carbocycles. The van der Waals surface area contributed by atoms with Gasteiger partial charge in [0.25, 0.3) is 0 Å². The Morgan fingerprint density at radius 3 is 1.71 bits per heavy atom. The number of hydrogen-bond acceptors (Lipinski definition) is 1. The molecular weight excluding hydrogens is 591 g/mol. The summed E-state index contributed by atoms with van der Waals surface area (Å²) in [4.78, 5) is 2.51. The van der Waals surface area contributed by atoms with E-state index in [1.54, 1.807) is 0 Å². The second-order valence-electron chi connectivity index (χ2n) is 16.1. The van der Waals surface area contributed by atoms with Crippen molar-refractivity contribution in [1.82, 2.24) is 0 Å². The molecule has 1 aliphatic carbocycles. The molecule has 0 bridgehead atoms. The van der Waals surface area contributed by atoms with Gasteiger partial charge in [-0.3, -0.25) is 0 Å². The summed E-state index contributed by atoms with van der Waals surface area (Å²) in [7, 11) is 0. The third kappa shape index (κ3) is 6.82. The molecule has 1 heteroatoms. The molecule has 0 aliphatic heterocycles. The number of anilines is 3. The molecule has 1 fully saturated rings. The maximum Gasteiger partial charge on any atom is 0.0540 e. The number of rotatable bonds is 6. The molecule has 0 aromatic heterocycles. The molecule has 7 rings (SSSR count). The SMILES string of the molecule is CC(C)(C)c1cc(N(c2ccc(-c3ccccc3)cc2)c2ccccc2-c2cccc3cccc(C4CCCCC4)c23)cc(C(C)(C)C)c1. The summed E-state index contributed by atoms with van der Waals surface area (Å²) in [5, 5.41) is 2.75. The van der Waals surface area contributed by atoms with Crippen molar-refractivity contribution in [2.24, 2.45) is 0 Å². The monoisotopic (exact) mass is 641 g/mol. The lowest BCUT2D eigenvalue weighted by Gasteiger charge is -2.32. The number of benzene rings is 6. The van der Waals surface area contributed by atoms with Crippen LogP contribution in [0.2, 0.25) is 0 Å². The van der Waals surface area contributed by atoms with E-state index in [2.05, 4.69) is 180 Å². The normalized spacial score (nSPS) is 14.2. The van der Waals surface area contributed by atoms with Crippen LogP contribution < -0.4 is 4.90 Å². The number of para-hydroxylation sites is 1. The quantitative estimate of drug-likeness (QED) is 0.175. The zero-order valence-electron chi connectivity index (χ0n) is 30.3. The summed E-state index contributed by atoms with van der Waals surface area (Å²) in [5.41, 5.74) is 12.8. The van der Waals surface area contributed by atoms with Crippen LogP contribution in [0.3, 0.4) is 0 Å². The molecule has 248 valence electrons. The van der Waals surface area contributed by atoms with Gasteiger partial charge in [0.1, 0.15) is 0 Å². The molecule has 6 aromatic rings. The highest BCUT2D eigenvalue weighted by atomic mass is 15.1. The summed E-state index contributed by atoms with van der Waals surface area (Å²) in [6, 6.07) is 50.1. The number of hydrogen-bond donors (Lipinski definition) is 0. The second kappa shape index (κ2) is 13.4. The first-order chi connectivity index (χ1) is 23.6. The van der Waals surface area contributed by atoms with E-state index in [0.717, 1.165) is 5.69 Å². The van der Waals surface area contributed by atoms with Crippen molar-refractivity contribution in [3.05, 3.63) is 150 Å². The first-order valence-electron chi connectivity index (χ1n) is 18.3. The maximum atomic E-state index is 2.51. The predicted molar refractivity (Wildman–Crippen MR) is 213 cm³/mol. The molecule has 6 aromatic carbocycles. The molecule has 0 saturated heterocycles. The van der Waals surface area contributed by atoms with Gasteiger partial charge in [-0.25, -0.2) is 0 Å². The summed E-state index contributed by atoms with van der Waals surface area (Å²) >= 11 is 0. The van der Waals surface area contributed by atoms with Crippen molar-refractivity contribution in [2.45, 2.75) is 90.4 Å². The van der Waals surface area contributed by atoms with Gasteiger partial charge < -0.3 is 4.90 Å². The second-order valence-corrected chi connectivity index (χ2v) is 16.1. The Kier molecular flexibility index (Phi) is 8.97. The average Bonchev–Trinajstić information content (AvgIpc) is 3.12. The minimum Gasteiger partial charge on any atom is -0.310 e. The highest BCUT2D eigenvalue weighted by Gasteiger charge is 2.26. The Balaban J connectivity index is 1.48. The standard InChI is InChI=1S/C48H51N/c1-47(2,3)38-31-39(48(4,5)6)33-41(32-38)49(40-29-27-35(28-30-40)34-17-9-7-10-18-34)45-26-14-13-23-43(45)44-25-16-22-37-21-15-24-42(46(37)44)36-19-11-8-12-20-36/h7,9-10,13-18,21-33,36H,8,11-12,19-20H2,1-6H3. The number of fused-ring (bicyclic) bond motifs is 1. The van der Waals surface area contributed by atoms with E-state index in [4.69, 9.17) is 0 Å². The summed E-state index contributed by atoms with van der Waals surface area (Å²) in [6.45, 7) is 14.0. The van der Waals surface area contributed by atoms with E-state index in [-0.39, 0.29) is 10.8 Å². The van der Waals surface area contributed by atoms with Crippen LogP contribution >= 0.6 is 0 Å². The topological polar surface area (TPSA) is 3.24 Å². The lowest BCUT2D eigenvalue weighted by molar-refractivity contribution is 0.445. The van der Waals surface area contributed by atoms with E-state index >= 15 is 0 Å². The van der Waals surface area contributed by atoms with E-state index in [9.17, 15) is 0 Å². The van der Waals surface area contributed by atoms with Gasteiger partial charge in [0.05, 0.1) is 5.69 Å². The molecule has 0 spiro atoms. The zero-order chi connectivity index (χ0) is 34.2. The van der Waals surface area contributed by atoms with Crippen LogP contribution in [0, 0.1) is 0 Å². The Bertz CT molecular complexity index is 2010. The molecule has 49 heavy (non-hydrogen) atoms. The van der Waals surface area contributed by atoms with E-state index in [1.807, 2.05) is 0 Å². The van der Waals surface area contributed by atoms with Gasteiger partial charge in [0.15, 0.2) is 0 Å². The third-order valence-electron chi connectivity index (χ3n) is 10.6. The molecule has 0 N–H and O–H groups in total. The van der Waals surface area contributed by atoms with E-state index in [0.29, 0.717) is 5.92 Å². The van der Waals surface area contributed by atoms with Crippen LogP contribution in [0.5, 0.6) is 0 Å². The van der Waals surface area contributed by atoms with Gasteiger partial charge in [-0.2, -0.15) is 0 Å². The van der Waals surface area contributed by atoms with Crippen LogP contribution in [0.4, 0.5) is 17.1 Å². The Morgan fingerprint density at radius 1 is 0.490 bits per heavy atom. The molecule has 0 amide bonds. The van der Waals surface area contributed by atoms with Crippen molar-refractivity contribution < 1.29 is 0 Å². The minimum absolute atomic E-state index is 0.00287. The summed E-state index contributed by atoms with van der Waals surface area (Å²) in [6.07, 6.45) is 6.58. The molecular formula is C48H51N. The fraction of sp³-hybridized carbons (Fsp3) is 0.292. The fourth-order valence-electron chi connectivity index (χ4n) is 7.71. The smallest absolute Gasteiger partial charge is 0.0540 e. The van der Waals surface area contributed by atoms with Crippen LogP contribution in [-0.2, 0) is 10.8 Å². The van der Waals surface area contributed by atoms with Crippen LogP contribution in [0.15, 0.2) is 133 Å². The van der Waals surface area contributed by atoms with Crippen LogP contribution in [0.1, 0.15) is 96.3 Å².